The summed E-state index contributed by atoms with van der Waals surface area (Å²) in [7, 11) is 0. The second kappa shape index (κ2) is 7.92. The molecular formula is C20H22ClFN2O2. The molecule has 138 valence electrons. The average molecular weight is 377 g/mol. The van der Waals surface area contributed by atoms with Gasteiger partial charge in [-0.05, 0) is 29.8 Å². The van der Waals surface area contributed by atoms with Crippen LogP contribution in [0.5, 0.6) is 5.75 Å². The fraction of sp³-hybridized carbons (Fsp3) is 0.400. The molecule has 0 unspecified atom stereocenters. The minimum atomic E-state index is -0.347. The van der Waals surface area contributed by atoms with Crippen molar-refractivity contribution < 1.29 is 13.9 Å². The predicted octanol–water partition coefficient (Wildman–Crippen LogP) is 3.40. The van der Waals surface area contributed by atoms with Crippen LogP contribution in [-0.2, 0) is 11.3 Å². The Bertz CT molecular complexity index is 747. The Kier molecular flexibility index (Phi) is 5.41. The van der Waals surface area contributed by atoms with Crippen molar-refractivity contribution in [2.45, 2.75) is 18.8 Å². The number of ether oxygens (including phenoxy) is 2. The van der Waals surface area contributed by atoms with E-state index in [-0.39, 0.29) is 18.0 Å². The molecule has 0 saturated carbocycles. The number of rotatable bonds is 4. The number of nitrogens with zero attached hydrogens (tertiary/aromatic N) is 1. The highest BCUT2D eigenvalue weighted by atomic mass is 35.5. The number of halogens is 2. The zero-order chi connectivity index (χ0) is 17.9. The monoisotopic (exact) mass is 376 g/mol. The van der Waals surface area contributed by atoms with E-state index in [1.54, 1.807) is 6.07 Å². The molecule has 6 heteroatoms. The van der Waals surface area contributed by atoms with Crippen molar-refractivity contribution in [1.82, 2.24) is 10.2 Å². The molecule has 1 fully saturated rings. The summed E-state index contributed by atoms with van der Waals surface area (Å²) in [5, 5.41) is 3.77. The summed E-state index contributed by atoms with van der Waals surface area (Å²) >= 11 is 5.95. The molecule has 2 aliphatic rings. The lowest BCUT2D eigenvalue weighted by Gasteiger charge is -2.42. The van der Waals surface area contributed by atoms with E-state index in [9.17, 15) is 4.39 Å². The lowest BCUT2D eigenvalue weighted by molar-refractivity contribution is -0.0617. The van der Waals surface area contributed by atoms with Crippen LogP contribution >= 0.6 is 11.6 Å². The molecule has 0 bridgehead atoms. The van der Waals surface area contributed by atoms with Gasteiger partial charge in [0, 0.05) is 36.8 Å². The van der Waals surface area contributed by atoms with Crippen molar-refractivity contribution >= 4 is 11.6 Å². The van der Waals surface area contributed by atoms with Gasteiger partial charge >= 0.3 is 0 Å². The number of benzene rings is 2. The quantitative estimate of drug-likeness (QED) is 0.886. The fourth-order valence-electron chi connectivity index (χ4n) is 3.75. The number of hydrogen-bond acceptors (Lipinski definition) is 4. The first-order chi connectivity index (χ1) is 12.7. The van der Waals surface area contributed by atoms with Gasteiger partial charge in [-0.3, -0.25) is 4.90 Å². The fourth-order valence-corrected chi connectivity index (χ4v) is 3.99. The molecular weight excluding hydrogens is 355 g/mol. The van der Waals surface area contributed by atoms with E-state index < -0.39 is 0 Å². The van der Waals surface area contributed by atoms with Crippen molar-refractivity contribution in [2.75, 3.05) is 32.8 Å². The van der Waals surface area contributed by atoms with E-state index in [0.29, 0.717) is 18.2 Å². The molecule has 1 saturated heterocycles. The van der Waals surface area contributed by atoms with Gasteiger partial charge in [-0.15, -0.1) is 0 Å². The maximum Gasteiger partial charge on any atom is 0.125 e. The summed E-state index contributed by atoms with van der Waals surface area (Å²) in [6.45, 7) is 4.64. The van der Waals surface area contributed by atoms with Crippen LogP contribution in [0.2, 0.25) is 5.02 Å². The first-order valence-corrected chi connectivity index (χ1v) is 9.31. The van der Waals surface area contributed by atoms with Gasteiger partial charge in [-0.2, -0.15) is 0 Å². The minimum Gasteiger partial charge on any atom is -0.490 e. The van der Waals surface area contributed by atoms with E-state index in [4.69, 9.17) is 21.1 Å². The molecule has 2 atom stereocenters. The highest BCUT2D eigenvalue weighted by Gasteiger charge is 2.36. The molecule has 0 aliphatic carbocycles. The molecule has 2 aliphatic heterocycles. The van der Waals surface area contributed by atoms with Gasteiger partial charge in [0.25, 0.3) is 0 Å². The average Bonchev–Trinajstić information content (AvgIpc) is 2.66. The standard InChI is InChI=1S/C20H22ClFN2O2/c21-15-9-14(10-16(22)11-15)12-25-19-13-26-18-4-2-1-3-17(18)20(19)24-7-5-23-6-8-24/h1-4,9-11,19-20,23H,5-8,12-13H2/t19-,20-/m1/s1. The van der Waals surface area contributed by atoms with Crippen LogP contribution in [0, 0.1) is 5.82 Å². The molecule has 1 N–H and O–H groups in total. The Morgan fingerprint density at radius 2 is 2.00 bits per heavy atom. The molecule has 2 aromatic rings. The number of nitrogens with one attached hydrogen (secondary N) is 1. The van der Waals surface area contributed by atoms with Crippen molar-refractivity contribution in [3.63, 3.8) is 0 Å². The number of hydrogen-bond donors (Lipinski definition) is 1. The summed E-state index contributed by atoms with van der Waals surface area (Å²) in [4.78, 5) is 2.45. The predicted molar refractivity (Wildman–Crippen MR) is 99.1 cm³/mol. The molecule has 0 spiro atoms. The summed E-state index contributed by atoms with van der Waals surface area (Å²) in [6.07, 6.45) is -0.120. The maximum atomic E-state index is 13.6. The number of piperazine rings is 1. The van der Waals surface area contributed by atoms with Crippen LogP contribution in [0.25, 0.3) is 0 Å². The minimum absolute atomic E-state index is 0.120. The molecule has 2 aromatic carbocycles. The maximum absolute atomic E-state index is 13.6. The normalized spacial score (nSPS) is 23.3. The molecule has 4 nitrogen and oxygen atoms in total. The van der Waals surface area contributed by atoms with Crippen LogP contribution in [0.3, 0.4) is 0 Å². The van der Waals surface area contributed by atoms with Crippen molar-refractivity contribution in [3.8, 4) is 5.75 Å². The van der Waals surface area contributed by atoms with Gasteiger partial charge in [0.2, 0.25) is 0 Å². The zero-order valence-electron chi connectivity index (χ0n) is 14.5. The van der Waals surface area contributed by atoms with Crippen molar-refractivity contribution in [1.29, 1.82) is 0 Å². The van der Waals surface area contributed by atoms with E-state index in [1.807, 2.05) is 18.2 Å². The highest BCUT2D eigenvalue weighted by molar-refractivity contribution is 6.30. The highest BCUT2D eigenvalue weighted by Crippen LogP contribution is 2.37. The van der Waals surface area contributed by atoms with Gasteiger partial charge < -0.3 is 14.8 Å². The molecule has 4 rings (SSSR count). The van der Waals surface area contributed by atoms with Gasteiger partial charge in [-0.25, -0.2) is 4.39 Å². The van der Waals surface area contributed by atoms with Crippen LogP contribution in [-0.4, -0.2) is 43.8 Å². The van der Waals surface area contributed by atoms with Gasteiger partial charge in [0.05, 0.1) is 12.6 Å². The zero-order valence-corrected chi connectivity index (χ0v) is 15.2. The Morgan fingerprint density at radius 3 is 2.81 bits per heavy atom. The van der Waals surface area contributed by atoms with Crippen LogP contribution in [0.1, 0.15) is 17.2 Å². The lowest BCUT2D eigenvalue weighted by Crippen LogP contribution is -2.51. The topological polar surface area (TPSA) is 33.7 Å². The van der Waals surface area contributed by atoms with Crippen LogP contribution in [0.4, 0.5) is 4.39 Å². The Labute approximate surface area is 157 Å². The third kappa shape index (κ3) is 3.86. The summed E-state index contributed by atoms with van der Waals surface area (Å²) in [5.74, 6) is 0.574. The molecule has 0 radical (unpaired) electrons. The van der Waals surface area contributed by atoms with E-state index in [0.717, 1.165) is 43.1 Å². The number of para-hydroxylation sites is 1. The first kappa shape index (κ1) is 17.7. The second-order valence-corrected chi connectivity index (χ2v) is 7.14. The van der Waals surface area contributed by atoms with E-state index in [2.05, 4.69) is 16.3 Å². The molecule has 0 amide bonds. The smallest absolute Gasteiger partial charge is 0.125 e. The van der Waals surface area contributed by atoms with Crippen LogP contribution < -0.4 is 10.1 Å². The molecule has 2 heterocycles. The van der Waals surface area contributed by atoms with Crippen molar-refractivity contribution in [2.24, 2.45) is 0 Å². The Hall–Kier alpha value is -1.66. The first-order valence-electron chi connectivity index (χ1n) is 8.94. The van der Waals surface area contributed by atoms with E-state index >= 15 is 0 Å². The van der Waals surface area contributed by atoms with Crippen molar-refractivity contribution in [3.05, 3.63) is 64.4 Å². The SMILES string of the molecule is Fc1cc(Cl)cc(CO[C@@H]2COc3ccccc3[C@H]2N2CCNCC2)c1. The second-order valence-electron chi connectivity index (χ2n) is 6.71. The summed E-state index contributed by atoms with van der Waals surface area (Å²) in [5.41, 5.74) is 1.89. The lowest BCUT2D eigenvalue weighted by atomic mass is 9.95. The molecule has 0 aromatic heterocycles. The largest absolute Gasteiger partial charge is 0.490 e. The Balaban J connectivity index is 1.55. The molecule has 26 heavy (non-hydrogen) atoms. The summed E-state index contributed by atoms with van der Waals surface area (Å²) in [6, 6.07) is 12.8. The van der Waals surface area contributed by atoms with Gasteiger partial charge in [0.1, 0.15) is 24.3 Å². The third-order valence-corrected chi connectivity index (χ3v) is 5.14. The Morgan fingerprint density at radius 1 is 1.19 bits per heavy atom. The van der Waals surface area contributed by atoms with Crippen LogP contribution in [0.15, 0.2) is 42.5 Å². The van der Waals surface area contributed by atoms with Gasteiger partial charge in [0.15, 0.2) is 0 Å². The van der Waals surface area contributed by atoms with Gasteiger partial charge in [-0.1, -0.05) is 29.8 Å². The van der Waals surface area contributed by atoms with E-state index in [1.165, 1.54) is 12.1 Å². The number of fused-ring (bicyclic) bond motifs is 1. The summed E-state index contributed by atoms with van der Waals surface area (Å²) < 4.78 is 25.7. The third-order valence-electron chi connectivity index (χ3n) is 4.92.